The van der Waals surface area contributed by atoms with E-state index >= 15 is 0 Å². The summed E-state index contributed by atoms with van der Waals surface area (Å²) in [4.78, 5) is 0. The minimum absolute atomic E-state index is 0. The maximum Gasteiger partial charge on any atom is 0.0235 e. The first kappa shape index (κ1) is 20.2. The predicted octanol–water partition coefficient (Wildman–Crippen LogP) is 5.85. The molecule has 1 unspecified atom stereocenters. The van der Waals surface area contributed by atoms with Gasteiger partial charge in [0.1, 0.15) is 0 Å². The minimum atomic E-state index is 0. The molecule has 1 atom stereocenters. The number of halogens is 2. The maximum atomic E-state index is 3.32. The summed E-state index contributed by atoms with van der Waals surface area (Å²) in [6.45, 7) is 0. The molecule has 0 fully saturated rings. The molecule has 0 aromatic heterocycles. The molecular weight excluding hydrogens is 402 g/mol. The summed E-state index contributed by atoms with van der Waals surface area (Å²) in [6, 6.07) is 20.2. The first-order valence-corrected chi connectivity index (χ1v) is 7.06. The predicted molar refractivity (Wildman–Crippen MR) is 98.7 cm³/mol. The normalized spacial score (nSPS) is 17.1. The van der Waals surface area contributed by atoms with E-state index in [4.69, 9.17) is 0 Å². The van der Waals surface area contributed by atoms with E-state index in [2.05, 4.69) is 66.8 Å². The summed E-state index contributed by atoms with van der Waals surface area (Å²) in [5.41, 5.74) is 6.87. The maximum absolute atomic E-state index is 3.32. The molecule has 0 spiro atoms. The molecule has 0 amide bonds. The number of benzene rings is 2. The van der Waals surface area contributed by atoms with E-state index in [-0.39, 0.29) is 51.0 Å². The summed E-state index contributed by atoms with van der Waals surface area (Å²) in [6.07, 6.45) is 10.1. The molecule has 0 saturated heterocycles. The van der Waals surface area contributed by atoms with Gasteiger partial charge in [0, 0.05) is 32.1 Å². The molecule has 2 aromatic carbocycles. The number of hydrogen-bond donors (Lipinski definition) is 0. The molecule has 0 bridgehead atoms. The Morgan fingerprint density at radius 2 is 1.70 bits per heavy atom. The second-order valence-corrected chi connectivity index (χ2v) is 5.35. The van der Waals surface area contributed by atoms with Crippen molar-refractivity contribution in [2.75, 3.05) is 0 Å². The fraction of sp³-hybridized carbons (Fsp3) is 0.100. The van der Waals surface area contributed by atoms with Crippen LogP contribution in [0, 0.1) is 6.07 Å². The first-order chi connectivity index (χ1) is 9.92. The third-order valence-electron chi connectivity index (χ3n) is 4.15. The standard InChI is InChI=1S/C20H15.2ClH.Zr/c1-2-6-15(7-3-1)17-10-11-18(14-17)20-13-12-16-8-4-5-9-19(16)20;;;/h1-6,8-13,20H,14H2;2*1H;/q-1;;;. The van der Waals surface area contributed by atoms with Crippen molar-refractivity contribution < 1.29 is 26.2 Å². The summed E-state index contributed by atoms with van der Waals surface area (Å²) < 4.78 is 0. The topological polar surface area (TPSA) is 0 Å². The molecular formula is C20H17Cl2Zr-. The van der Waals surface area contributed by atoms with E-state index in [1.165, 1.54) is 27.8 Å². The fourth-order valence-electron chi connectivity index (χ4n) is 3.11. The zero-order valence-electron chi connectivity index (χ0n) is 12.5. The van der Waals surface area contributed by atoms with Gasteiger partial charge in [-0.25, -0.2) is 0 Å². The molecule has 2 aromatic rings. The van der Waals surface area contributed by atoms with Crippen molar-refractivity contribution in [3.05, 3.63) is 95.1 Å². The first-order valence-electron chi connectivity index (χ1n) is 7.06. The number of hydrogen-bond acceptors (Lipinski definition) is 0. The Labute approximate surface area is 169 Å². The van der Waals surface area contributed by atoms with Gasteiger partial charge in [-0.1, -0.05) is 48.1 Å². The van der Waals surface area contributed by atoms with Gasteiger partial charge in [0.2, 0.25) is 0 Å². The van der Waals surface area contributed by atoms with Crippen LogP contribution in [0.4, 0.5) is 0 Å². The van der Waals surface area contributed by atoms with Crippen LogP contribution in [0.25, 0.3) is 11.6 Å². The van der Waals surface area contributed by atoms with Crippen molar-refractivity contribution in [1.82, 2.24) is 0 Å². The molecule has 0 radical (unpaired) electrons. The summed E-state index contributed by atoms with van der Waals surface area (Å²) in [5, 5.41) is 0. The summed E-state index contributed by atoms with van der Waals surface area (Å²) >= 11 is 0. The van der Waals surface area contributed by atoms with Gasteiger partial charge >= 0.3 is 0 Å². The van der Waals surface area contributed by atoms with Gasteiger partial charge < -0.3 is 0 Å². The second-order valence-electron chi connectivity index (χ2n) is 5.35. The Kier molecular flexibility index (Phi) is 7.74. The van der Waals surface area contributed by atoms with Crippen molar-refractivity contribution in [2.45, 2.75) is 12.3 Å². The molecule has 0 N–H and O–H groups in total. The van der Waals surface area contributed by atoms with Gasteiger partial charge in [0.05, 0.1) is 0 Å². The molecule has 23 heavy (non-hydrogen) atoms. The Hall–Kier alpha value is -0.877. The van der Waals surface area contributed by atoms with E-state index < -0.39 is 0 Å². The van der Waals surface area contributed by atoms with Crippen LogP contribution in [0.3, 0.4) is 0 Å². The van der Waals surface area contributed by atoms with E-state index in [1.54, 1.807) is 0 Å². The Morgan fingerprint density at radius 3 is 2.48 bits per heavy atom. The van der Waals surface area contributed by atoms with Crippen LogP contribution in [-0.2, 0) is 26.2 Å². The molecule has 0 heterocycles. The monoisotopic (exact) mass is 417 g/mol. The number of allylic oxidation sites excluding steroid dienone is 5. The molecule has 2 aliphatic carbocycles. The second kappa shape index (κ2) is 8.83. The van der Waals surface area contributed by atoms with Crippen molar-refractivity contribution >= 4 is 36.5 Å². The van der Waals surface area contributed by atoms with Gasteiger partial charge in [-0.3, -0.25) is 0 Å². The summed E-state index contributed by atoms with van der Waals surface area (Å²) in [7, 11) is 0. The smallest absolute Gasteiger partial charge is 0.0235 e. The molecule has 0 saturated carbocycles. The van der Waals surface area contributed by atoms with Gasteiger partial charge in [-0.05, 0) is 17.5 Å². The van der Waals surface area contributed by atoms with Crippen molar-refractivity contribution in [3.8, 4) is 0 Å². The van der Waals surface area contributed by atoms with Gasteiger partial charge in [-0.2, -0.15) is 0 Å². The zero-order chi connectivity index (χ0) is 13.4. The van der Waals surface area contributed by atoms with Crippen LogP contribution in [0.2, 0.25) is 0 Å². The van der Waals surface area contributed by atoms with Gasteiger partial charge in [-0.15, -0.1) is 72.4 Å². The largest absolute Gasteiger partial charge is 0.147 e. The Morgan fingerprint density at radius 1 is 0.913 bits per heavy atom. The van der Waals surface area contributed by atoms with Crippen LogP contribution in [-0.4, -0.2) is 0 Å². The van der Waals surface area contributed by atoms with Crippen LogP contribution < -0.4 is 0 Å². The van der Waals surface area contributed by atoms with E-state index in [1.807, 2.05) is 12.1 Å². The molecule has 3 heteroatoms. The van der Waals surface area contributed by atoms with Crippen molar-refractivity contribution in [2.24, 2.45) is 0 Å². The van der Waals surface area contributed by atoms with Gasteiger partial charge in [0.25, 0.3) is 0 Å². The minimum Gasteiger partial charge on any atom is -0.147 e. The summed E-state index contributed by atoms with van der Waals surface area (Å²) in [5.74, 6) is 0.448. The quantitative estimate of drug-likeness (QED) is 0.536. The number of fused-ring (bicyclic) bond motifs is 1. The van der Waals surface area contributed by atoms with Crippen molar-refractivity contribution in [3.63, 3.8) is 0 Å². The molecule has 0 nitrogen and oxygen atoms in total. The number of rotatable bonds is 2. The van der Waals surface area contributed by atoms with Crippen LogP contribution >= 0.6 is 24.8 Å². The van der Waals surface area contributed by atoms with E-state index in [0.717, 1.165) is 6.42 Å². The third-order valence-corrected chi connectivity index (χ3v) is 4.15. The fourth-order valence-corrected chi connectivity index (χ4v) is 3.11. The molecule has 4 rings (SSSR count). The van der Waals surface area contributed by atoms with Gasteiger partial charge in [0.15, 0.2) is 0 Å². The van der Waals surface area contributed by atoms with E-state index in [9.17, 15) is 0 Å². The Balaban J connectivity index is 0.000000882. The van der Waals surface area contributed by atoms with Crippen molar-refractivity contribution in [1.29, 1.82) is 0 Å². The van der Waals surface area contributed by atoms with Crippen LogP contribution in [0.15, 0.2) is 72.3 Å². The molecule has 2 aliphatic rings. The van der Waals surface area contributed by atoms with Crippen LogP contribution in [0.5, 0.6) is 0 Å². The molecule has 116 valence electrons. The third kappa shape index (κ3) is 3.97. The SMILES string of the molecule is Cl.Cl.[Zr].[c-]1ccccc1C1=CC=C(C2C=Cc3ccccc32)C1. The zero-order valence-corrected chi connectivity index (χ0v) is 16.6. The van der Waals surface area contributed by atoms with Crippen LogP contribution in [0.1, 0.15) is 29.0 Å². The average molecular weight is 419 g/mol. The van der Waals surface area contributed by atoms with E-state index in [0.29, 0.717) is 5.92 Å². The molecule has 0 aliphatic heterocycles. The Bertz CT molecular complexity index is 745. The average Bonchev–Trinajstić information content (AvgIpc) is 3.14.